The van der Waals surface area contributed by atoms with E-state index in [4.69, 9.17) is 4.74 Å². The zero-order chi connectivity index (χ0) is 24.6. The van der Waals surface area contributed by atoms with Crippen LogP contribution in [0, 0.1) is 5.92 Å². The minimum Gasteiger partial charge on any atom is -0.493 e. The first-order valence-electron chi connectivity index (χ1n) is 13.5. The first-order valence-corrected chi connectivity index (χ1v) is 13.5. The maximum absolute atomic E-state index is 13.1. The number of nitrogens with zero attached hydrogens (tertiary/aromatic N) is 1. The van der Waals surface area contributed by atoms with Crippen LogP contribution >= 0.6 is 0 Å². The summed E-state index contributed by atoms with van der Waals surface area (Å²) in [7, 11) is 0. The van der Waals surface area contributed by atoms with E-state index in [2.05, 4.69) is 5.32 Å². The molecule has 1 saturated heterocycles. The van der Waals surface area contributed by atoms with Gasteiger partial charge < -0.3 is 4.74 Å². The first kappa shape index (κ1) is 25.4. The Labute approximate surface area is 208 Å². The largest absolute Gasteiger partial charge is 0.493 e. The lowest BCUT2D eigenvalue weighted by Crippen LogP contribution is -2.54. The third-order valence-electron chi connectivity index (χ3n) is 7.67. The Hall–Kier alpha value is -2.70. The van der Waals surface area contributed by atoms with Gasteiger partial charge in [-0.25, -0.2) is 0 Å². The summed E-state index contributed by atoms with van der Waals surface area (Å²) >= 11 is 0. The summed E-state index contributed by atoms with van der Waals surface area (Å²) in [5.74, 6) is -0.646. The summed E-state index contributed by atoms with van der Waals surface area (Å²) in [6, 6.07) is 4.02. The zero-order valence-electron chi connectivity index (χ0n) is 20.7. The summed E-state index contributed by atoms with van der Waals surface area (Å²) in [5.41, 5.74) is 0.477. The molecule has 1 aliphatic carbocycles. The molecule has 4 rings (SSSR count). The van der Waals surface area contributed by atoms with Crippen molar-refractivity contribution in [2.75, 3.05) is 6.61 Å². The third-order valence-corrected chi connectivity index (χ3v) is 7.67. The highest BCUT2D eigenvalue weighted by Crippen LogP contribution is 2.34. The fraction of sp³-hybridized carbons (Fsp3) is 0.643. The van der Waals surface area contributed by atoms with Crippen molar-refractivity contribution in [2.45, 2.75) is 102 Å². The number of hydrogen-bond donors (Lipinski definition) is 1. The highest BCUT2D eigenvalue weighted by Gasteiger charge is 2.45. The minimum atomic E-state index is -0.962. The van der Waals surface area contributed by atoms with Gasteiger partial charge in [0.05, 0.1) is 17.7 Å². The molecule has 190 valence electrons. The smallest absolute Gasteiger partial charge is 0.266 e. The molecule has 2 heterocycles. The summed E-state index contributed by atoms with van der Waals surface area (Å²) in [5, 5.41) is 2.22. The van der Waals surface area contributed by atoms with Gasteiger partial charge in [0.1, 0.15) is 11.8 Å². The van der Waals surface area contributed by atoms with E-state index in [1.54, 1.807) is 18.2 Å². The summed E-state index contributed by atoms with van der Waals surface area (Å²) in [6.45, 7) is 0.484. The lowest BCUT2D eigenvalue weighted by atomic mass is 9.85. The van der Waals surface area contributed by atoms with E-state index < -0.39 is 23.8 Å². The number of ether oxygens (including phenoxy) is 1. The maximum atomic E-state index is 13.1. The van der Waals surface area contributed by atoms with Gasteiger partial charge in [0.15, 0.2) is 0 Å². The zero-order valence-corrected chi connectivity index (χ0v) is 20.7. The number of amides is 4. The van der Waals surface area contributed by atoms with Crippen LogP contribution in [0.1, 0.15) is 117 Å². The van der Waals surface area contributed by atoms with E-state index in [1.165, 1.54) is 70.6 Å². The second-order valence-corrected chi connectivity index (χ2v) is 10.2. The van der Waals surface area contributed by atoms with Crippen LogP contribution in [-0.2, 0) is 9.59 Å². The van der Waals surface area contributed by atoms with Crippen LogP contribution in [0.5, 0.6) is 5.75 Å². The van der Waals surface area contributed by atoms with Gasteiger partial charge in [-0.3, -0.25) is 29.4 Å². The molecule has 1 atom stereocenters. The monoisotopic (exact) mass is 482 g/mol. The van der Waals surface area contributed by atoms with Crippen molar-refractivity contribution < 1.29 is 23.9 Å². The van der Waals surface area contributed by atoms with Crippen molar-refractivity contribution >= 4 is 23.6 Å². The van der Waals surface area contributed by atoms with Crippen LogP contribution in [-0.4, -0.2) is 41.2 Å². The Morgan fingerprint density at radius 3 is 2.29 bits per heavy atom. The average Bonchev–Trinajstić information content (AvgIpc) is 3.11. The number of carbonyl (C=O) groups is 4. The molecule has 0 spiro atoms. The topological polar surface area (TPSA) is 92.8 Å². The fourth-order valence-electron chi connectivity index (χ4n) is 5.68. The highest BCUT2D eigenvalue weighted by molar-refractivity contribution is 6.24. The lowest BCUT2D eigenvalue weighted by molar-refractivity contribution is -0.136. The normalized spacial score (nSPS) is 20.8. The maximum Gasteiger partial charge on any atom is 0.266 e. The van der Waals surface area contributed by atoms with Gasteiger partial charge >= 0.3 is 0 Å². The van der Waals surface area contributed by atoms with Crippen LogP contribution in [0.4, 0.5) is 0 Å². The number of carbonyl (C=O) groups excluding carboxylic acids is 4. The molecule has 7 nitrogen and oxygen atoms in total. The quantitative estimate of drug-likeness (QED) is 0.328. The van der Waals surface area contributed by atoms with E-state index >= 15 is 0 Å². The lowest BCUT2D eigenvalue weighted by Gasteiger charge is -2.27. The van der Waals surface area contributed by atoms with Gasteiger partial charge in [0.25, 0.3) is 11.8 Å². The SMILES string of the molecule is O=C1CCC(N2C(=O)c3cccc(OCCCCCCCCCC4CCCCC4)c3C2=O)C(=O)N1. The molecule has 1 saturated carbocycles. The standard InChI is InChI=1S/C28H38N2O5/c31-24-18-17-22(26(32)29-24)30-27(33)21-15-11-16-23(25(21)28(30)34)35-19-10-5-3-1-2-4-7-12-20-13-8-6-9-14-20/h11,15-16,20,22H,1-10,12-14,17-19H2,(H,29,31,32). The fourth-order valence-corrected chi connectivity index (χ4v) is 5.68. The van der Waals surface area contributed by atoms with E-state index in [0.717, 1.165) is 23.7 Å². The Balaban J connectivity index is 1.17. The molecular formula is C28H38N2O5. The molecule has 2 fully saturated rings. The van der Waals surface area contributed by atoms with Gasteiger partial charge in [-0.05, 0) is 30.9 Å². The summed E-state index contributed by atoms with van der Waals surface area (Å²) in [6.07, 6.45) is 17.3. The second kappa shape index (κ2) is 12.3. The van der Waals surface area contributed by atoms with E-state index in [1.807, 2.05) is 0 Å². The van der Waals surface area contributed by atoms with Gasteiger partial charge in [0, 0.05) is 6.42 Å². The highest BCUT2D eigenvalue weighted by atomic mass is 16.5. The van der Waals surface area contributed by atoms with Crippen molar-refractivity contribution in [3.8, 4) is 5.75 Å². The van der Waals surface area contributed by atoms with E-state index in [0.29, 0.717) is 12.4 Å². The van der Waals surface area contributed by atoms with Gasteiger partial charge in [-0.15, -0.1) is 0 Å². The Bertz CT molecular complexity index is 937. The predicted octanol–water partition coefficient (Wildman–Crippen LogP) is 5.17. The number of piperidine rings is 1. The number of unbranched alkanes of at least 4 members (excludes halogenated alkanes) is 6. The van der Waals surface area contributed by atoms with E-state index in [-0.39, 0.29) is 29.9 Å². The number of benzene rings is 1. The number of rotatable bonds is 12. The molecule has 3 aliphatic rings. The van der Waals surface area contributed by atoms with Crippen molar-refractivity contribution in [1.82, 2.24) is 10.2 Å². The van der Waals surface area contributed by atoms with Crippen LogP contribution < -0.4 is 10.1 Å². The molecule has 7 heteroatoms. The van der Waals surface area contributed by atoms with Gasteiger partial charge in [0.2, 0.25) is 11.8 Å². The van der Waals surface area contributed by atoms with Crippen LogP contribution in [0.2, 0.25) is 0 Å². The number of nitrogens with one attached hydrogen (secondary N) is 1. The van der Waals surface area contributed by atoms with E-state index in [9.17, 15) is 19.2 Å². The van der Waals surface area contributed by atoms with Crippen molar-refractivity contribution in [1.29, 1.82) is 0 Å². The molecule has 1 unspecified atom stereocenters. The molecule has 2 aliphatic heterocycles. The molecule has 0 radical (unpaired) electrons. The Morgan fingerprint density at radius 2 is 1.54 bits per heavy atom. The van der Waals surface area contributed by atoms with Gasteiger partial charge in [-0.2, -0.15) is 0 Å². The Kier molecular flexibility index (Phi) is 8.94. The average molecular weight is 483 g/mol. The second-order valence-electron chi connectivity index (χ2n) is 10.2. The van der Waals surface area contributed by atoms with Crippen LogP contribution in [0.25, 0.3) is 0 Å². The van der Waals surface area contributed by atoms with Crippen LogP contribution in [0.15, 0.2) is 18.2 Å². The van der Waals surface area contributed by atoms with Crippen molar-refractivity contribution in [3.63, 3.8) is 0 Å². The molecular weight excluding hydrogens is 444 g/mol. The molecule has 1 N–H and O–H groups in total. The minimum absolute atomic E-state index is 0.105. The van der Waals surface area contributed by atoms with Crippen molar-refractivity contribution in [2.24, 2.45) is 5.92 Å². The Morgan fingerprint density at radius 1 is 0.829 bits per heavy atom. The van der Waals surface area contributed by atoms with Crippen LogP contribution in [0.3, 0.4) is 0 Å². The number of hydrogen-bond acceptors (Lipinski definition) is 5. The molecule has 0 bridgehead atoms. The van der Waals surface area contributed by atoms with Gasteiger partial charge in [-0.1, -0.05) is 83.1 Å². The summed E-state index contributed by atoms with van der Waals surface area (Å²) in [4.78, 5) is 50.6. The summed E-state index contributed by atoms with van der Waals surface area (Å²) < 4.78 is 5.91. The number of imide groups is 2. The molecule has 1 aromatic carbocycles. The number of fused-ring (bicyclic) bond motifs is 1. The first-order chi connectivity index (χ1) is 17.1. The third kappa shape index (κ3) is 6.30. The molecule has 1 aromatic rings. The molecule has 0 aromatic heterocycles. The molecule has 4 amide bonds. The van der Waals surface area contributed by atoms with Crippen molar-refractivity contribution in [3.05, 3.63) is 29.3 Å². The predicted molar refractivity (Wildman–Crippen MR) is 132 cm³/mol. The molecule has 35 heavy (non-hydrogen) atoms.